The van der Waals surface area contributed by atoms with Crippen LogP contribution in [-0.2, 0) is 11.4 Å². The average molecular weight is 474 g/mol. The number of nitrogens with zero attached hydrogens (tertiary/aromatic N) is 1. The maximum Gasteiger partial charge on any atom is 0.262 e. The van der Waals surface area contributed by atoms with Crippen LogP contribution in [0.3, 0.4) is 0 Å². The summed E-state index contributed by atoms with van der Waals surface area (Å²) in [5.41, 5.74) is 5.98. The van der Waals surface area contributed by atoms with Crippen molar-refractivity contribution < 1.29 is 19.1 Å². The second-order valence-corrected chi connectivity index (χ2v) is 8.48. The number of nitrogens with one attached hydrogen (secondary N) is 2. The lowest BCUT2D eigenvalue weighted by molar-refractivity contribution is -0.123. The number of hydrazone groups is 1. The van der Waals surface area contributed by atoms with Crippen molar-refractivity contribution in [2.75, 3.05) is 7.11 Å². The van der Waals surface area contributed by atoms with Crippen LogP contribution in [0, 0.1) is 12.8 Å². The van der Waals surface area contributed by atoms with Crippen LogP contribution >= 0.6 is 0 Å². The minimum Gasteiger partial charge on any atom is -0.493 e. The van der Waals surface area contributed by atoms with E-state index in [0.29, 0.717) is 23.7 Å². The van der Waals surface area contributed by atoms with E-state index in [1.165, 1.54) is 11.8 Å². The largest absolute Gasteiger partial charge is 0.493 e. The number of methoxy groups -OCH3 is 1. The minimum absolute atomic E-state index is 0.122. The highest BCUT2D eigenvalue weighted by Gasteiger charge is 2.24. The standard InChI is InChI=1S/C28H31N3O4/c1-19(2)26(30-27(32)23-8-6-5-7-9-23)28(33)31-29-17-22-14-15-24(25(16-22)34-4)35-18-21-12-10-20(3)11-13-21/h5-17,19,26H,18H2,1-4H3,(H,30,32)(H,31,33). The molecule has 2 N–H and O–H groups in total. The van der Waals surface area contributed by atoms with Gasteiger partial charge in [-0.1, -0.05) is 61.9 Å². The number of hydrogen-bond donors (Lipinski definition) is 2. The summed E-state index contributed by atoms with van der Waals surface area (Å²) in [6, 6.07) is 21.6. The Morgan fingerprint density at radius 1 is 0.971 bits per heavy atom. The zero-order valence-corrected chi connectivity index (χ0v) is 20.4. The van der Waals surface area contributed by atoms with Crippen molar-refractivity contribution in [3.05, 3.63) is 95.1 Å². The molecule has 3 rings (SSSR count). The Bertz CT molecular complexity index is 1160. The number of carbonyl (C=O) groups excluding carboxylic acids is 2. The molecule has 0 heterocycles. The van der Waals surface area contributed by atoms with E-state index in [9.17, 15) is 9.59 Å². The Morgan fingerprint density at radius 3 is 2.34 bits per heavy atom. The second-order valence-electron chi connectivity index (χ2n) is 8.48. The molecule has 3 aromatic rings. The van der Waals surface area contributed by atoms with Gasteiger partial charge in [0, 0.05) is 5.56 Å². The lowest BCUT2D eigenvalue weighted by Gasteiger charge is -2.20. The molecule has 0 fully saturated rings. The number of amides is 2. The number of aryl methyl sites for hydroxylation is 1. The van der Waals surface area contributed by atoms with Gasteiger partial charge in [0.25, 0.3) is 11.8 Å². The van der Waals surface area contributed by atoms with Crippen LogP contribution in [0.25, 0.3) is 0 Å². The van der Waals surface area contributed by atoms with Gasteiger partial charge in [0.1, 0.15) is 12.6 Å². The van der Waals surface area contributed by atoms with Gasteiger partial charge in [-0.05, 0) is 54.3 Å². The molecule has 0 spiro atoms. The highest BCUT2D eigenvalue weighted by atomic mass is 16.5. The predicted octanol–water partition coefficient (Wildman–Crippen LogP) is 4.49. The van der Waals surface area contributed by atoms with Crippen LogP contribution in [0.2, 0.25) is 0 Å². The van der Waals surface area contributed by atoms with Crippen molar-refractivity contribution in [2.24, 2.45) is 11.0 Å². The van der Waals surface area contributed by atoms with E-state index >= 15 is 0 Å². The maximum absolute atomic E-state index is 12.7. The van der Waals surface area contributed by atoms with Gasteiger partial charge >= 0.3 is 0 Å². The zero-order valence-electron chi connectivity index (χ0n) is 20.4. The lowest BCUT2D eigenvalue weighted by atomic mass is 10.0. The fourth-order valence-electron chi connectivity index (χ4n) is 3.32. The topological polar surface area (TPSA) is 89.0 Å². The monoisotopic (exact) mass is 473 g/mol. The molecule has 182 valence electrons. The molecule has 7 nitrogen and oxygen atoms in total. The van der Waals surface area contributed by atoms with Crippen molar-refractivity contribution in [2.45, 2.75) is 33.4 Å². The molecule has 0 saturated carbocycles. The van der Waals surface area contributed by atoms with Gasteiger partial charge in [-0.25, -0.2) is 5.43 Å². The summed E-state index contributed by atoms with van der Waals surface area (Å²) < 4.78 is 11.4. The summed E-state index contributed by atoms with van der Waals surface area (Å²) in [6.07, 6.45) is 1.51. The van der Waals surface area contributed by atoms with E-state index in [1.54, 1.807) is 43.5 Å². The Balaban J connectivity index is 1.60. The summed E-state index contributed by atoms with van der Waals surface area (Å²) in [4.78, 5) is 25.1. The smallest absolute Gasteiger partial charge is 0.262 e. The molecule has 0 radical (unpaired) electrons. The van der Waals surface area contributed by atoms with Gasteiger partial charge in [-0.3, -0.25) is 9.59 Å². The summed E-state index contributed by atoms with van der Waals surface area (Å²) >= 11 is 0. The molecule has 35 heavy (non-hydrogen) atoms. The molecule has 3 aromatic carbocycles. The minimum atomic E-state index is -0.730. The molecule has 0 bridgehead atoms. The van der Waals surface area contributed by atoms with E-state index in [2.05, 4.69) is 15.8 Å². The van der Waals surface area contributed by atoms with E-state index in [0.717, 1.165) is 11.1 Å². The van der Waals surface area contributed by atoms with Crippen molar-refractivity contribution in [3.63, 3.8) is 0 Å². The highest BCUT2D eigenvalue weighted by molar-refractivity contribution is 5.97. The van der Waals surface area contributed by atoms with Gasteiger partial charge in [-0.2, -0.15) is 5.10 Å². The predicted molar refractivity (Wildman–Crippen MR) is 137 cm³/mol. The Labute approximate surface area is 206 Å². The van der Waals surface area contributed by atoms with Crippen LogP contribution in [0.1, 0.15) is 40.9 Å². The summed E-state index contributed by atoms with van der Waals surface area (Å²) in [6.45, 7) is 6.18. The van der Waals surface area contributed by atoms with E-state index in [1.807, 2.05) is 57.2 Å². The molecule has 1 atom stereocenters. The van der Waals surface area contributed by atoms with Crippen LogP contribution in [0.5, 0.6) is 11.5 Å². The number of benzene rings is 3. The molecule has 0 saturated heterocycles. The second kappa shape index (κ2) is 12.4. The molecule has 0 aromatic heterocycles. The number of hydrogen-bond acceptors (Lipinski definition) is 5. The first-order valence-corrected chi connectivity index (χ1v) is 11.4. The van der Waals surface area contributed by atoms with Gasteiger partial charge in [-0.15, -0.1) is 0 Å². The lowest BCUT2D eigenvalue weighted by Crippen LogP contribution is -2.48. The zero-order chi connectivity index (χ0) is 25.2. The van der Waals surface area contributed by atoms with Crippen molar-refractivity contribution in [1.29, 1.82) is 0 Å². The third-order valence-corrected chi connectivity index (χ3v) is 5.36. The Kier molecular flexibility index (Phi) is 9.01. The summed E-state index contributed by atoms with van der Waals surface area (Å²) in [5, 5.41) is 6.84. The van der Waals surface area contributed by atoms with Gasteiger partial charge in [0.2, 0.25) is 0 Å². The van der Waals surface area contributed by atoms with E-state index < -0.39 is 11.9 Å². The van der Waals surface area contributed by atoms with Crippen molar-refractivity contribution in [3.8, 4) is 11.5 Å². The number of rotatable bonds is 10. The average Bonchev–Trinajstić information content (AvgIpc) is 2.87. The van der Waals surface area contributed by atoms with Crippen molar-refractivity contribution in [1.82, 2.24) is 10.7 Å². The van der Waals surface area contributed by atoms with Crippen LogP contribution in [0.4, 0.5) is 0 Å². The number of ether oxygens (including phenoxy) is 2. The third kappa shape index (κ3) is 7.43. The third-order valence-electron chi connectivity index (χ3n) is 5.36. The van der Waals surface area contributed by atoms with E-state index in [4.69, 9.17) is 9.47 Å². The van der Waals surface area contributed by atoms with Crippen LogP contribution < -0.4 is 20.2 Å². The number of carbonyl (C=O) groups is 2. The molecule has 0 aliphatic heterocycles. The Hall–Kier alpha value is -4.13. The molecular formula is C28H31N3O4. The molecule has 7 heteroatoms. The Morgan fingerprint density at radius 2 is 1.69 bits per heavy atom. The molecule has 2 amide bonds. The first-order valence-electron chi connectivity index (χ1n) is 11.4. The maximum atomic E-state index is 12.7. The molecule has 0 aliphatic carbocycles. The van der Waals surface area contributed by atoms with Crippen LogP contribution in [-0.4, -0.2) is 31.2 Å². The summed E-state index contributed by atoms with van der Waals surface area (Å²) in [7, 11) is 1.57. The van der Waals surface area contributed by atoms with Gasteiger partial charge in [0.05, 0.1) is 13.3 Å². The first-order chi connectivity index (χ1) is 16.9. The summed E-state index contributed by atoms with van der Waals surface area (Å²) in [5.74, 6) is 0.336. The van der Waals surface area contributed by atoms with Gasteiger partial charge in [0.15, 0.2) is 11.5 Å². The molecule has 1 unspecified atom stereocenters. The van der Waals surface area contributed by atoms with Gasteiger partial charge < -0.3 is 14.8 Å². The molecular weight excluding hydrogens is 442 g/mol. The van der Waals surface area contributed by atoms with Crippen LogP contribution in [0.15, 0.2) is 77.9 Å². The fraction of sp³-hybridized carbons (Fsp3) is 0.250. The van der Waals surface area contributed by atoms with E-state index in [-0.39, 0.29) is 11.8 Å². The SMILES string of the molecule is COc1cc(C=NNC(=O)C(NC(=O)c2ccccc2)C(C)C)ccc1OCc1ccc(C)cc1. The quantitative estimate of drug-likeness (QED) is 0.335. The first kappa shape index (κ1) is 25.5. The fourth-order valence-corrected chi connectivity index (χ4v) is 3.32. The molecule has 0 aliphatic rings. The normalized spacial score (nSPS) is 11.8. The van der Waals surface area contributed by atoms with Crippen molar-refractivity contribution >= 4 is 18.0 Å². The highest BCUT2D eigenvalue weighted by Crippen LogP contribution is 2.28.